The van der Waals surface area contributed by atoms with Gasteiger partial charge in [0.05, 0.1) is 23.4 Å². The summed E-state index contributed by atoms with van der Waals surface area (Å²) in [6, 6.07) is 29.2. The third-order valence-electron chi connectivity index (χ3n) is 4.90. The van der Waals surface area contributed by atoms with E-state index in [0.29, 0.717) is 0 Å². The molecule has 0 fully saturated rings. The van der Waals surface area contributed by atoms with Gasteiger partial charge in [0.25, 0.3) is 0 Å². The van der Waals surface area contributed by atoms with E-state index in [9.17, 15) is 0 Å². The van der Waals surface area contributed by atoms with Crippen molar-refractivity contribution in [1.82, 2.24) is 4.57 Å². The predicted octanol–water partition coefficient (Wildman–Crippen LogP) is 3.60. The molecule has 0 N–H and O–H groups in total. The summed E-state index contributed by atoms with van der Waals surface area (Å²) in [5.41, 5.74) is 5.25. The van der Waals surface area contributed by atoms with Gasteiger partial charge in [0.15, 0.2) is 0 Å². The van der Waals surface area contributed by atoms with Crippen molar-refractivity contribution in [2.24, 2.45) is 17.3 Å². The lowest BCUT2D eigenvalue weighted by molar-refractivity contribution is -0.654. The fourth-order valence-corrected chi connectivity index (χ4v) is 4.23. The highest BCUT2D eigenvalue weighted by molar-refractivity contribution is 7.12. The summed E-state index contributed by atoms with van der Waals surface area (Å²) in [4.78, 5) is 0. The highest BCUT2D eigenvalue weighted by Gasteiger charge is 2.21. The second kappa shape index (κ2) is 8.61. The number of hydrogen-bond acceptors (Lipinski definition) is 3. The Bertz CT molecular complexity index is 1310. The molecule has 30 heavy (non-hydrogen) atoms. The molecule has 0 saturated heterocycles. The third kappa shape index (κ3) is 3.54. The normalized spacial score (nSPS) is 11.1. The molecule has 2 heterocycles. The number of nitrogens with zero attached hydrogens (tertiary/aromatic N) is 4. The summed E-state index contributed by atoms with van der Waals surface area (Å²) in [5.74, 6) is 0. The molecule has 2 aromatic heterocycles. The number of rotatable bonds is 4. The van der Waals surface area contributed by atoms with Crippen LogP contribution in [0.15, 0.2) is 107 Å². The van der Waals surface area contributed by atoms with E-state index in [-0.39, 0.29) is 12.4 Å². The second-order valence-corrected chi connectivity index (χ2v) is 7.62. The number of para-hydroxylation sites is 2. The molecule has 3 aromatic carbocycles. The molecule has 0 aliphatic carbocycles. The molecular weight excluding hydrogens is 412 g/mol. The zero-order chi connectivity index (χ0) is 19.6. The fourth-order valence-electron chi connectivity index (χ4n) is 3.55. The van der Waals surface area contributed by atoms with Crippen LogP contribution >= 0.6 is 11.3 Å². The minimum atomic E-state index is 0. The molecule has 5 rings (SSSR count). The van der Waals surface area contributed by atoms with Crippen molar-refractivity contribution in [2.45, 2.75) is 0 Å². The van der Waals surface area contributed by atoms with Crippen LogP contribution < -0.4 is 17.0 Å². The highest BCUT2D eigenvalue weighted by Crippen LogP contribution is 2.42. The third-order valence-corrected chi connectivity index (χ3v) is 5.74. The first-order valence-corrected chi connectivity index (χ1v) is 10.3. The number of fused-ring (bicyclic) bond motifs is 1. The van der Waals surface area contributed by atoms with Crippen LogP contribution in [0.3, 0.4) is 0 Å². The van der Waals surface area contributed by atoms with E-state index < -0.39 is 0 Å². The highest BCUT2D eigenvalue weighted by atomic mass is 35.5. The number of hydrogen-bond donors (Lipinski definition) is 0. The Kier molecular flexibility index (Phi) is 5.74. The number of thiazole rings is 1. The summed E-state index contributed by atoms with van der Waals surface area (Å²) in [7, 11) is 1.98. The maximum atomic E-state index is 4.75. The Labute approximate surface area is 185 Å². The van der Waals surface area contributed by atoms with Gasteiger partial charge in [0, 0.05) is 22.0 Å². The van der Waals surface area contributed by atoms with E-state index in [1.165, 1.54) is 0 Å². The SMILES string of the molecule is C[n+]1ccsc1/N=N/c1c(-c2ccccc2)n(-c2ccccc2)c2ccccc12.[Cl-]. The maximum Gasteiger partial charge on any atom is 0.408 e. The van der Waals surface area contributed by atoms with Crippen LogP contribution in [0, 0.1) is 0 Å². The molecule has 0 saturated carbocycles. The smallest absolute Gasteiger partial charge is 0.408 e. The number of benzene rings is 3. The average molecular weight is 431 g/mol. The monoisotopic (exact) mass is 430 g/mol. The van der Waals surface area contributed by atoms with Gasteiger partial charge in [0.2, 0.25) is 0 Å². The van der Waals surface area contributed by atoms with Crippen molar-refractivity contribution < 1.29 is 17.0 Å². The quantitative estimate of drug-likeness (QED) is 0.308. The van der Waals surface area contributed by atoms with Gasteiger partial charge in [0.1, 0.15) is 11.9 Å². The van der Waals surface area contributed by atoms with Crippen LogP contribution in [0.25, 0.3) is 27.8 Å². The van der Waals surface area contributed by atoms with Gasteiger partial charge in [-0.3, -0.25) is 0 Å². The predicted molar refractivity (Wildman–Crippen MR) is 118 cm³/mol. The number of azo groups is 1. The first kappa shape index (κ1) is 20.0. The number of aromatic nitrogens is 2. The molecule has 0 aliphatic heterocycles. The Hall–Kier alpha value is -3.28. The maximum absolute atomic E-state index is 4.75. The standard InChI is InChI=1S/C24H19N4S.ClH/c1-27-16-17-29-24(27)26-25-22-20-14-8-9-15-21(20)28(19-12-6-3-7-13-19)23(22)18-10-4-2-5-11-18;/h2-17H,1H3;1H/q+1;/p-1. The largest absolute Gasteiger partial charge is 1.00 e. The van der Waals surface area contributed by atoms with Gasteiger partial charge < -0.3 is 17.0 Å². The molecule has 0 atom stereocenters. The fraction of sp³-hybridized carbons (Fsp3) is 0.0417. The second-order valence-electron chi connectivity index (χ2n) is 6.75. The summed E-state index contributed by atoms with van der Waals surface area (Å²) < 4.78 is 4.25. The Balaban J connectivity index is 0.00000218. The number of aryl methyl sites for hydroxylation is 1. The van der Waals surface area contributed by atoms with E-state index in [1.54, 1.807) is 11.3 Å². The minimum Gasteiger partial charge on any atom is -1.00 e. The van der Waals surface area contributed by atoms with Crippen LogP contribution in [0.2, 0.25) is 0 Å². The van der Waals surface area contributed by atoms with Gasteiger partial charge in [-0.1, -0.05) is 66.7 Å². The van der Waals surface area contributed by atoms with Gasteiger partial charge in [-0.2, -0.15) is 0 Å². The van der Waals surface area contributed by atoms with E-state index in [2.05, 4.69) is 82.5 Å². The van der Waals surface area contributed by atoms with Crippen molar-refractivity contribution in [1.29, 1.82) is 0 Å². The zero-order valence-corrected chi connectivity index (χ0v) is 17.9. The molecule has 5 aromatic rings. The zero-order valence-electron chi connectivity index (χ0n) is 16.3. The molecule has 0 amide bonds. The molecule has 0 bridgehead atoms. The van der Waals surface area contributed by atoms with Gasteiger partial charge >= 0.3 is 5.13 Å². The summed E-state index contributed by atoms with van der Waals surface area (Å²) in [6.07, 6.45) is 1.99. The van der Waals surface area contributed by atoms with Crippen molar-refractivity contribution >= 4 is 33.1 Å². The first-order valence-electron chi connectivity index (χ1n) is 9.42. The summed E-state index contributed by atoms with van der Waals surface area (Å²) in [5, 5.41) is 13.3. The molecule has 0 spiro atoms. The molecule has 0 radical (unpaired) electrons. The van der Waals surface area contributed by atoms with Gasteiger partial charge in [-0.25, -0.2) is 4.57 Å². The van der Waals surface area contributed by atoms with E-state index in [4.69, 9.17) is 5.11 Å². The lowest BCUT2D eigenvalue weighted by Gasteiger charge is -2.11. The lowest BCUT2D eigenvalue weighted by atomic mass is 10.1. The van der Waals surface area contributed by atoms with Crippen molar-refractivity contribution in [2.75, 3.05) is 0 Å². The molecule has 4 nitrogen and oxygen atoms in total. The van der Waals surface area contributed by atoms with Crippen LogP contribution in [-0.2, 0) is 7.05 Å². The van der Waals surface area contributed by atoms with Gasteiger partial charge in [-0.05, 0) is 34.7 Å². The summed E-state index contributed by atoms with van der Waals surface area (Å²) in [6.45, 7) is 0. The molecule has 0 aliphatic rings. The van der Waals surface area contributed by atoms with Crippen molar-refractivity contribution in [3.63, 3.8) is 0 Å². The van der Waals surface area contributed by atoms with Crippen LogP contribution in [0.5, 0.6) is 0 Å². The molecule has 148 valence electrons. The van der Waals surface area contributed by atoms with E-state index >= 15 is 0 Å². The molecular formula is C24H19ClN4S. The summed E-state index contributed by atoms with van der Waals surface area (Å²) >= 11 is 1.57. The molecule has 0 unspecified atom stereocenters. The average Bonchev–Trinajstić information content (AvgIpc) is 3.34. The first-order chi connectivity index (χ1) is 14.3. The minimum absolute atomic E-state index is 0. The molecule has 6 heteroatoms. The van der Waals surface area contributed by atoms with Gasteiger partial charge in [-0.15, -0.1) is 0 Å². The Morgan fingerprint density at radius 3 is 2.17 bits per heavy atom. The topological polar surface area (TPSA) is 33.5 Å². The van der Waals surface area contributed by atoms with Crippen LogP contribution in [0.1, 0.15) is 0 Å². The Morgan fingerprint density at radius 2 is 1.47 bits per heavy atom. The lowest BCUT2D eigenvalue weighted by Crippen LogP contribution is -3.00. The van der Waals surface area contributed by atoms with E-state index in [0.717, 1.165) is 38.7 Å². The van der Waals surface area contributed by atoms with Crippen LogP contribution in [0.4, 0.5) is 10.8 Å². The van der Waals surface area contributed by atoms with Crippen molar-refractivity contribution in [3.05, 3.63) is 96.5 Å². The van der Waals surface area contributed by atoms with E-state index in [1.807, 2.05) is 35.3 Å². The number of halogens is 1. The van der Waals surface area contributed by atoms with Crippen molar-refractivity contribution in [3.8, 4) is 16.9 Å². The Morgan fingerprint density at radius 1 is 0.800 bits per heavy atom. The van der Waals surface area contributed by atoms with Crippen LogP contribution in [-0.4, -0.2) is 4.57 Å².